The quantitative estimate of drug-likeness (QED) is 0.672. The van der Waals surface area contributed by atoms with Crippen molar-refractivity contribution in [3.05, 3.63) is 41.4 Å². The van der Waals surface area contributed by atoms with Crippen molar-refractivity contribution in [1.29, 1.82) is 0 Å². The summed E-state index contributed by atoms with van der Waals surface area (Å²) in [6.07, 6.45) is 7.98. The number of hydrogen-bond acceptors (Lipinski definition) is 1. The molecule has 74 valence electrons. The normalized spacial score (nSPS) is 20.8. The summed E-state index contributed by atoms with van der Waals surface area (Å²) in [5.74, 6) is 0.912. The van der Waals surface area contributed by atoms with E-state index in [1.165, 1.54) is 0 Å². The standard InChI is InChI=1S/C12H13ClO/c13-10-6-8-12(9-7-10)14-11-4-2-1-3-5-11/h1-2,6-9,11H,3-5H2. The molecule has 1 aliphatic rings. The molecule has 0 N–H and O–H groups in total. The van der Waals surface area contributed by atoms with Crippen molar-refractivity contribution in [3.8, 4) is 5.75 Å². The van der Waals surface area contributed by atoms with Crippen LogP contribution in [0.5, 0.6) is 5.75 Å². The van der Waals surface area contributed by atoms with Crippen LogP contribution in [0.4, 0.5) is 0 Å². The summed E-state index contributed by atoms with van der Waals surface area (Å²) in [6, 6.07) is 7.55. The summed E-state index contributed by atoms with van der Waals surface area (Å²) in [6.45, 7) is 0. The van der Waals surface area contributed by atoms with Crippen LogP contribution in [0.15, 0.2) is 36.4 Å². The van der Waals surface area contributed by atoms with Gasteiger partial charge in [-0.25, -0.2) is 0 Å². The van der Waals surface area contributed by atoms with E-state index in [4.69, 9.17) is 16.3 Å². The molecule has 0 radical (unpaired) electrons. The summed E-state index contributed by atoms with van der Waals surface area (Å²) in [7, 11) is 0. The molecule has 0 amide bonds. The van der Waals surface area contributed by atoms with Crippen molar-refractivity contribution >= 4 is 11.6 Å². The molecule has 0 bridgehead atoms. The molecule has 0 aromatic heterocycles. The van der Waals surface area contributed by atoms with Gasteiger partial charge in [0, 0.05) is 11.4 Å². The van der Waals surface area contributed by atoms with E-state index in [0.29, 0.717) is 6.10 Å². The smallest absolute Gasteiger partial charge is 0.119 e. The highest BCUT2D eigenvalue weighted by Gasteiger charge is 2.10. The first-order valence-electron chi connectivity index (χ1n) is 4.92. The van der Waals surface area contributed by atoms with Crippen LogP contribution >= 0.6 is 11.6 Å². The highest BCUT2D eigenvalue weighted by atomic mass is 35.5. The largest absolute Gasteiger partial charge is 0.490 e. The molecule has 1 unspecified atom stereocenters. The first kappa shape index (κ1) is 9.60. The van der Waals surface area contributed by atoms with E-state index in [9.17, 15) is 0 Å². The molecule has 14 heavy (non-hydrogen) atoms. The molecule has 0 fully saturated rings. The van der Waals surface area contributed by atoms with E-state index < -0.39 is 0 Å². The van der Waals surface area contributed by atoms with Gasteiger partial charge in [-0.1, -0.05) is 23.8 Å². The predicted octanol–water partition coefficient (Wildman–Crippen LogP) is 3.83. The monoisotopic (exact) mass is 208 g/mol. The van der Waals surface area contributed by atoms with Gasteiger partial charge in [-0.2, -0.15) is 0 Å². The number of benzene rings is 1. The van der Waals surface area contributed by atoms with Crippen LogP contribution < -0.4 is 4.74 Å². The van der Waals surface area contributed by atoms with Crippen LogP contribution in [0.1, 0.15) is 19.3 Å². The van der Waals surface area contributed by atoms with E-state index in [1.54, 1.807) is 0 Å². The minimum absolute atomic E-state index is 0.334. The lowest BCUT2D eigenvalue weighted by molar-refractivity contribution is 0.191. The minimum Gasteiger partial charge on any atom is -0.490 e. The number of allylic oxidation sites excluding steroid dienone is 1. The fraction of sp³-hybridized carbons (Fsp3) is 0.333. The Morgan fingerprint density at radius 2 is 1.93 bits per heavy atom. The zero-order chi connectivity index (χ0) is 9.80. The van der Waals surface area contributed by atoms with Crippen LogP contribution in [0, 0.1) is 0 Å². The number of ether oxygens (including phenoxy) is 1. The van der Waals surface area contributed by atoms with Crippen molar-refractivity contribution in [1.82, 2.24) is 0 Å². The van der Waals surface area contributed by atoms with Crippen LogP contribution in [0.2, 0.25) is 5.02 Å². The SMILES string of the molecule is Clc1ccc(OC2CC=CCC2)cc1. The van der Waals surface area contributed by atoms with Gasteiger partial charge in [-0.15, -0.1) is 0 Å². The molecule has 2 heteroatoms. The second-order valence-electron chi connectivity index (χ2n) is 3.48. The van der Waals surface area contributed by atoms with E-state index in [0.717, 1.165) is 30.0 Å². The van der Waals surface area contributed by atoms with Gasteiger partial charge in [-0.05, 0) is 37.1 Å². The highest BCUT2D eigenvalue weighted by Crippen LogP contribution is 2.21. The van der Waals surface area contributed by atoms with Crippen molar-refractivity contribution < 1.29 is 4.74 Å². The first-order chi connectivity index (χ1) is 6.84. The van der Waals surface area contributed by atoms with Gasteiger partial charge in [0.05, 0.1) is 0 Å². The van der Waals surface area contributed by atoms with E-state index in [1.807, 2.05) is 24.3 Å². The maximum absolute atomic E-state index is 5.80. The molecular formula is C12H13ClO. The Labute approximate surface area is 89.3 Å². The molecule has 0 spiro atoms. The lowest BCUT2D eigenvalue weighted by Gasteiger charge is -2.19. The molecule has 1 atom stereocenters. The first-order valence-corrected chi connectivity index (χ1v) is 5.29. The van der Waals surface area contributed by atoms with Gasteiger partial charge >= 0.3 is 0 Å². The van der Waals surface area contributed by atoms with Gasteiger partial charge in [0.2, 0.25) is 0 Å². The van der Waals surface area contributed by atoms with Gasteiger partial charge < -0.3 is 4.74 Å². The van der Waals surface area contributed by atoms with Crippen molar-refractivity contribution in [3.63, 3.8) is 0 Å². The Kier molecular flexibility index (Phi) is 3.10. The topological polar surface area (TPSA) is 9.23 Å². The second-order valence-corrected chi connectivity index (χ2v) is 3.91. The van der Waals surface area contributed by atoms with E-state index in [-0.39, 0.29) is 0 Å². The van der Waals surface area contributed by atoms with Gasteiger partial charge in [0.15, 0.2) is 0 Å². The second kappa shape index (κ2) is 4.52. The molecule has 0 aliphatic heterocycles. The number of halogens is 1. The molecule has 1 aromatic carbocycles. The van der Waals surface area contributed by atoms with Gasteiger partial charge in [0.25, 0.3) is 0 Å². The Balaban J connectivity index is 1.96. The molecule has 0 heterocycles. The zero-order valence-electron chi connectivity index (χ0n) is 7.95. The summed E-state index contributed by atoms with van der Waals surface area (Å²) in [4.78, 5) is 0. The van der Waals surface area contributed by atoms with Crippen molar-refractivity contribution in [2.24, 2.45) is 0 Å². The Hall–Kier alpha value is -0.950. The Morgan fingerprint density at radius 1 is 1.14 bits per heavy atom. The molecule has 2 rings (SSSR count). The van der Waals surface area contributed by atoms with Crippen LogP contribution in [0.25, 0.3) is 0 Å². The Morgan fingerprint density at radius 3 is 2.57 bits per heavy atom. The molecular weight excluding hydrogens is 196 g/mol. The summed E-state index contributed by atoms with van der Waals surface area (Å²) >= 11 is 5.79. The average Bonchev–Trinajstić information content (AvgIpc) is 2.23. The average molecular weight is 209 g/mol. The van der Waals surface area contributed by atoms with E-state index >= 15 is 0 Å². The summed E-state index contributed by atoms with van der Waals surface area (Å²) in [5.41, 5.74) is 0. The molecule has 0 saturated heterocycles. The minimum atomic E-state index is 0.334. The fourth-order valence-electron chi connectivity index (χ4n) is 1.58. The van der Waals surface area contributed by atoms with E-state index in [2.05, 4.69) is 12.2 Å². The predicted molar refractivity (Wildman–Crippen MR) is 58.9 cm³/mol. The third-order valence-corrected chi connectivity index (χ3v) is 2.59. The van der Waals surface area contributed by atoms with Gasteiger partial charge in [-0.3, -0.25) is 0 Å². The third kappa shape index (κ3) is 2.52. The highest BCUT2D eigenvalue weighted by molar-refractivity contribution is 6.30. The zero-order valence-corrected chi connectivity index (χ0v) is 8.70. The van der Waals surface area contributed by atoms with Crippen molar-refractivity contribution in [2.45, 2.75) is 25.4 Å². The number of hydrogen-bond donors (Lipinski definition) is 0. The molecule has 1 nitrogen and oxygen atoms in total. The van der Waals surface area contributed by atoms with Crippen LogP contribution in [0.3, 0.4) is 0 Å². The molecule has 1 aromatic rings. The lowest BCUT2D eigenvalue weighted by atomic mass is 10.0. The molecule has 1 aliphatic carbocycles. The van der Waals surface area contributed by atoms with Crippen LogP contribution in [-0.2, 0) is 0 Å². The number of rotatable bonds is 2. The maximum atomic E-state index is 5.80. The maximum Gasteiger partial charge on any atom is 0.119 e. The summed E-state index contributed by atoms with van der Waals surface area (Å²) < 4.78 is 5.80. The third-order valence-electron chi connectivity index (χ3n) is 2.34. The summed E-state index contributed by atoms with van der Waals surface area (Å²) in [5, 5.41) is 0.751. The Bertz CT molecular complexity index is 316. The van der Waals surface area contributed by atoms with Crippen molar-refractivity contribution in [2.75, 3.05) is 0 Å². The molecule has 0 saturated carbocycles. The fourth-order valence-corrected chi connectivity index (χ4v) is 1.70. The lowest BCUT2D eigenvalue weighted by Crippen LogP contribution is -2.17. The van der Waals surface area contributed by atoms with Crippen LogP contribution in [-0.4, -0.2) is 6.10 Å². The van der Waals surface area contributed by atoms with Gasteiger partial charge in [0.1, 0.15) is 11.9 Å².